The summed E-state index contributed by atoms with van der Waals surface area (Å²) in [5, 5.41) is 6.80. The largest absolute Gasteiger partial charge is 0.383 e. The zero-order chi connectivity index (χ0) is 23.4. The molecule has 2 N–H and O–H groups in total. The van der Waals surface area contributed by atoms with E-state index in [1.165, 1.54) is 12.4 Å². The number of halogens is 2. The van der Waals surface area contributed by atoms with E-state index < -0.39 is 11.8 Å². The topological polar surface area (TPSA) is 59.1 Å². The summed E-state index contributed by atoms with van der Waals surface area (Å²) in [6, 6.07) is 4.35. The van der Waals surface area contributed by atoms with E-state index in [2.05, 4.69) is 34.4 Å². The number of ether oxygens (including phenoxy) is 1. The van der Waals surface area contributed by atoms with Crippen LogP contribution in [0.3, 0.4) is 0 Å². The Morgan fingerprint density at radius 3 is 2.58 bits per heavy atom. The summed E-state index contributed by atoms with van der Waals surface area (Å²) < 4.78 is 34.1. The molecule has 2 saturated carbocycles. The van der Waals surface area contributed by atoms with E-state index >= 15 is 0 Å². The standard InChI is InChI=1S/C26H36F2N4O/c1-17(15-33-3)32-20-6-4-18(5-7-20)10-21-12-22(23(27)14-29-21)19-11-24(25(28)30-13-19)31-16-26(2)8-9-26/h11-14,17-18,20,31-32H,4-10,15-16H2,1-3H3/t17-,18?,20?/m0/s1. The fraction of sp³-hybridized carbons (Fsp3) is 0.615. The minimum Gasteiger partial charge on any atom is -0.383 e. The first-order valence-electron chi connectivity index (χ1n) is 12.1. The molecule has 1 atom stereocenters. The highest BCUT2D eigenvalue weighted by atomic mass is 19.1. The van der Waals surface area contributed by atoms with Gasteiger partial charge in [-0.05, 0) is 75.3 Å². The van der Waals surface area contributed by atoms with Crippen LogP contribution in [0, 0.1) is 23.1 Å². The average Bonchev–Trinajstić information content (AvgIpc) is 3.53. The molecule has 0 radical (unpaired) electrons. The predicted molar refractivity (Wildman–Crippen MR) is 127 cm³/mol. The molecule has 0 saturated heterocycles. The van der Waals surface area contributed by atoms with Gasteiger partial charge in [0.05, 0.1) is 18.5 Å². The minimum atomic E-state index is -0.553. The van der Waals surface area contributed by atoms with Crippen molar-refractivity contribution in [3.63, 3.8) is 0 Å². The highest BCUT2D eigenvalue weighted by molar-refractivity contribution is 5.67. The Morgan fingerprint density at radius 2 is 1.88 bits per heavy atom. The van der Waals surface area contributed by atoms with Crippen LogP contribution in [0.15, 0.2) is 24.5 Å². The molecule has 2 heterocycles. The molecule has 2 fully saturated rings. The summed E-state index contributed by atoms with van der Waals surface area (Å²) in [7, 11) is 1.73. The van der Waals surface area contributed by atoms with Gasteiger partial charge in [-0.3, -0.25) is 4.98 Å². The van der Waals surface area contributed by atoms with Crippen LogP contribution in [-0.4, -0.2) is 42.3 Å². The van der Waals surface area contributed by atoms with Gasteiger partial charge in [-0.1, -0.05) is 6.92 Å². The molecule has 0 unspecified atom stereocenters. The van der Waals surface area contributed by atoms with Crippen molar-refractivity contribution >= 4 is 5.69 Å². The van der Waals surface area contributed by atoms with Gasteiger partial charge in [-0.2, -0.15) is 4.39 Å². The van der Waals surface area contributed by atoms with Crippen LogP contribution in [0.4, 0.5) is 14.5 Å². The van der Waals surface area contributed by atoms with Crippen LogP contribution in [0.5, 0.6) is 0 Å². The van der Waals surface area contributed by atoms with Gasteiger partial charge in [0, 0.05) is 48.8 Å². The molecule has 180 valence electrons. The third kappa shape index (κ3) is 6.48. The lowest BCUT2D eigenvalue weighted by atomic mass is 9.83. The van der Waals surface area contributed by atoms with Gasteiger partial charge in [0.25, 0.3) is 0 Å². The fourth-order valence-corrected chi connectivity index (χ4v) is 4.76. The SMILES string of the molecule is COC[C@H](C)NC1CCC(Cc2cc(-c3cnc(F)c(NCC4(C)CC4)c3)c(F)cn2)CC1. The van der Waals surface area contributed by atoms with Crippen LogP contribution in [0.2, 0.25) is 0 Å². The van der Waals surface area contributed by atoms with Gasteiger partial charge in [-0.25, -0.2) is 9.37 Å². The van der Waals surface area contributed by atoms with Crippen molar-refractivity contribution in [2.75, 3.05) is 25.6 Å². The van der Waals surface area contributed by atoms with Crippen molar-refractivity contribution in [2.24, 2.45) is 11.3 Å². The summed E-state index contributed by atoms with van der Waals surface area (Å²) in [6.45, 7) is 5.74. The lowest BCUT2D eigenvalue weighted by Crippen LogP contribution is -2.41. The van der Waals surface area contributed by atoms with Crippen molar-refractivity contribution in [1.29, 1.82) is 0 Å². The zero-order valence-corrected chi connectivity index (χ0v) is 20.0. The Morgan fingerprint density at radius 1 is 1.12 bits per heavy atom. The maximum atomic E-state index is 14.7. The van der Waals surface area contributed by atoms with E-state index in [1.807, 2.05) is 0 Å². The van der Waals surface area contributed by atoms with Crippen molar-refractivity contribution in [3.05, 3.63) is 42.0 Å². The molecule has 0 aliphatic heterocycles. The van der Waals surface area contributed by atoms with Crippen LogP contribution in [0.1, 0.15) is 58.1 Å². The average molecular weight is 459 g/mol. The molecule has 7 heteroatoms. The third-order valence-electron chi connectivity index (χ3n) is 7.15. The quantitative estimate of drug-likeness (QED) is 0.470. The van der Waals surface area contributed by atoms with Crippen LogP contribution >= 0.6 is 0 Å². The Balaban J connectivity index is 1.39. The van der Waals surface area contributed by atoms with Gasteiger partial charge in [0.1, 0.15) is 5.82 Å². The second-order valence-corrected chi connectivity index (χ2v) is 10.3. The molecule has 2 aliphatic carbocycles. The number of methoxy groups -OCH3 is 1. The van der Waals surface area contributed by atoms with Gasteiger partial charge < -0.3 is 15.4 Å². The van der Waals surface area contributed by atoms with Crippen LogP contribution in [0.25, 0.3) is 11.1 Å². The van der Waals surface area contributed by atoms with E-state index in [0.29, 0.717) is 41.4 Å². The molecule has 0 spiro atoms. The van der Waals surface area contributed by atoms with Crippen molar-refractivity contribution < 1.29 is 13.5 Å². The maximum Gasteiger partial charge on any atom is 0.236 e. The monoisotopic (exact) mass is 458 g/mol. The molecule has 33 heavy (non-hydrogen) atoms. The van der Waals surface area contributed by atoms with Gasteiger partial charge in [0.15, 0.2) is 0 Å². The molecule has 2 aromatic heterocycles. The highest BCUT2D eigenvalue weighted by Gasteiger charge is 2.37. The van der Waals surface area contributed by atoms with E-state index in [0.717, 1.165) is 57.2 Å². The summed E-state index contributed by atoms with van der Waals surface area (Å²) in [5.74, 6) is -0.426. The van der Waals surface area contributed by atoms with Crippen LogP contribution < -0.4 is 10.6 Å². The lowest BCUT2D eigenvalue weighted by Gasteiger charge is -2.31. The Hall–Kier alpha value is -2.12. The Kier molecular flexibility index (Phi) is 7.59. The number of rotatable bonds is 10. The van der Waals surface area contributed by atoms with Gasteiger partial charge in [-0.15, -0.1) is 0 Å². The minimum absolute atomic E-state index is 0.230. The van der Waals surface area contributed by atoms with E-state index in [1.54, 1.807) is 19.2 Å². The maximum absolute atomic E-state index is 14.7. The molecule has 2 aromatic rings. The smallest absolute Gasteiger partial charge is 0.236 e. The molecule has 0 amide bonds. The first-order chi connectivity index (χ1) is 15.8. The van der Waals surface area contributed by atoms with Gasteiger partial charge >= 0.3 is 0 Å². The number of hydrogen-bond acceptors (Lipinski definition) is 5. The Labute approximate surface area is 195 Å². The van der Waals surface area contributed by atoms with Crippen molar-refractivity contribution in [1.82, 2.24) is 15.3 Å². The first kappa shape index (κ1) is 24.0. The second kappa shape index (κ2) is 10.4. The van der Waals surface area contributed by atoms with Crippen molar-refractivity contribution in [2.45, 2.75) is 70.9 Å². The van der Waals surface area contributed by atoms with E-state index in [9.17, 15) is 8.78 Å². The van der Waals surface area contributed by atoms with Gasteiger partial charge in [0.2, 0.25) is 5.95 Å². The summed E-state index contributed by atoms with van der Waals surface area (Å²) in [5.41, 5.74) is 2.43. The third-order valence-corrected chi connectivity index (χ3v) is 7.15. The number of nitrogens with zero attached hydrogens (tertiary/aromatic N) is 2. The Bertz CT molecular complexity index is 942. The number of pyridine rings is 2. The lowest BCUT2D eigenvalue weighted by molar-refractivity contribution is 0.158. The van der Waals surface area contributed by atoms with E-state index in [4.69, 9.17) is 4.74 Å². The summed E-state index contributed by atoms with van der Waals surface area (Å²) in [6.07, 6.45) is 10.3. The molecule has 2 aliphatic rings. The molecule has 5 nitrogen and oxygen atoms in total. The molecular formula is C26H36F2N4O. The number of hydrogen-bond donors (Lipinski definition) is 2. The number of nitrogens with one attached hydrogen (secondary N) is 2. The second-order valence-electron chi connectivity index (χ2n) is 10.3. The highest BCUT2D eigenvalue weighted by Crippen LogP contribution is 2.45. The predicted octanol–water partition coefficient (Wildman–Crippen LogP) is 5.36. The normalized spacial score (nSPS) is 22.7. The molecule has 0 aromatic carbocycles. The summed E-state index contributed by atoms with van der Waals surface area (Å²) in [4.78, 5) is 8.23. The van der Waals surface area contributed by atoms with Crippen molar-refractivity contribution in [3.8, 4) is 11.1 Å². The fourth-order valence-electron chi connectivity index (χ4n) is 4.76. The molecular weight excluding hydrogens is 422 g/mol. The molecule has 4 rings (SSSR count). The zero-order valence-electron chi connectivity index (χ0n) is 20.0. The van der Waals surface area contributed by atoms with E-state index in [-0.39, 0.29) is 5.41 Å². The van der Waals surface area contributed by atoms with Crippen LogP contribution in [-0.2, 0) is 11.2 Å². The number of anilines is 1. The molecule has 0 bridgehead atoms. The summed E-state index contributed by atoms with van der Waals surface area (Å²) >= 11 is 0. The first-order valence-corrected chi connectivity index (χ1v) is 12.1. The number of aromatic nitrogens is 2.